The van der Waals surface area contributed by atoms with Gasteiger partial charge < -0.3 is 9.47 Å². The fourth-order valence-electron chi connectivity index (χ4n) is 1.99. The van der Waals surface area contributed by atoms with Gasteiger partial charge in [-0.15, -0.1) is 0 Å². The Morgan fingerprint density at radius 2 is 2.12 bits per heavy atom. The lowest BCUT2D eigenvalue weighted by atomic mass is 9.87. The summed E-state index contributed by atoms with van der Waals surface area (Å²) in [5.74, 6) is -2.98. The molecule has 0 aromatic heterocycles. The van der Waals surface area contributed by atoms with Crippen LogP contribution >= 0.6 is 0 Å². The molecule has 0 saturated carbocycles. The van der Waals surface area contributed by atoms with Gasteiger partial charge in [0.15, 0.2) is 5.78 Å². The van der Waals surface area contributed by atoms with E-state index in [9.17, 15) is 14.4 Å². The fourth-order valence-corrected chi connectivity index (χ4v) is 1.99. The normalized spacial score (nSPS) is 27.9. The Kier molecular flexibility index (Phi) is 2.71. The third kappa shape index (κ3) is 1.72. The molecule has 2 aliphatic rings. The number of ketones is 2. The van der Waals surface area contributed by atoms with E-state index in [-0.39, 0.29) is 12.2 Å². The highest BCUT2D eigenvalue weighted by molar-refractivity contribution is 6.12. The maximum Gasteiger partial charge on any atom is 0.337 e. The van der Waals surface area contributed by atoms with Gasteiger partial charge in [-0.25, -0.2) is 4.79 Å². The molecule has 0 fully saturated rings. The lowest BCUT2D eigenvalue weighted by molar-refractivity contribution is -0.218. The Morgan fingerprint density at radius 3 is 2.71 bits per heavy atom. The summed E-state index contributed by atoms with van der Waals surface area (Å²) in [7, 11) is 1.28. The van der Waals surface area contributed by atoms with E-state index in [1.54, 1.807) is 6.08 Å². The summed E-state index contributed by atoms with van der Waals surface area (Å²) < 4.78 is 10.1. The van der Waals surface area contributed by atoms with E-state index in [0.717, 1.165) is 0 Å². The monoisotopic (exact) mass is 236 g/mol. The maximum atomic E-state index is 11.8. The number of rotatable bonds is 2. The number of cyclic esters (lactones) is 1. The van der Waals surface area contributed by atoms with Gasteiger partial charge in [0.25, 0.3) is 5.79 Å². The van der Waals surface area contributed by atoms with E-state index in [1.165, 1.54) is 20.1 Å². The smallest absolute Gasteiger partial charge is 0.337 e. The summed E-state index contributed by atoms with van der Waals surface area (Å²) in [6, 6.07) is 0. The van der Waals surface area contributed by atoms with Crippen LogP contribution in [0.1, 0.15) is 19.8 Å². The van der Waals surface area contributed by atoms with Crippen LogP contribution in [0.5, 0.6) is 0 Å². The zero-order valence-electron chi connectivity index (χ0n) is 9.61. The zero-order valence-corrected chi connectivity index (χ0v) is 9.61. The van der Waals surface area contributed by atoms with E-state index in [4.69, 9.17) is 9.47 Å². The van der Waals surface area contributed by atoms with Crippen molar-refractivity contribution in [2.45, 2.75) is 25.6 Å². The minimum Gasteiger partial charge on any atom is -0.422 e. The van der Waals surface area contributed by atoms with Crippen LogP contribution in [-0.2, 0) is 23.9 Å². The zero-order chi connectivity index (χ0) is 12.6. The van der Waals surface area contributed by atoms with Crippen molar-refractivity contribution < 1.29 is 23.9 Å². The van der Waals surface area contributed by atoms with Gasteiger partial charge in [-0.3, -0.25) is 9.59 Å². The molecule has 0 N–H and O–H groups in total. The van der Waals surface area contributed by atoms with Gasteiger partial charge in [-0.2, -0.15) is 0 Å². The van der Waals surface area contributed by atoms with E-state index in [1.807, 2.05) is 0 Å². The van der Waals surface area contributed by atoms with Crippen LogP contribution < -0.4 is 0 Å². The molecule has 1 unspecified atom stereocenters. The molecule has 0 aromatic rings. The van der Waals surface area contributed by atoms with Gasteiger partial charge in [-0.1, -0.05) is 6.08 Å². The Balaban J connectivity index is 2.45. The molecule has 0 radical (unpaired) electrons. The maximum absolute atomic E-state index is 11.8. The summed E-state index contributed by atoms with van der Waals surface area (Å²) in [6.07, 6.45) is 3.36. The average Bonchev–Trinajstić information content (AvgIpc) is 2.30. The summed E-state index contributed by atoms with van der Waals surface area (Å²) in [5.41, 5.74) is 0.646. The molecule has 2 rings (SSSR count). The number of carbonyl (C=O) groups is 3. The fraction of sp³-hybridized carbons (Fsp3) is 0.417. The van der Waals surface area contributed by atoms with Crippen LogP contribution in [-0.4, -0.2) is 30.4 Å². The van der Waals surface area contributed by atoms with Crippen LogP contribution in [0.3, 0.4) is 0 Å². The Labute approximate surface area is 98.1 Å². The molecule has 1 aliphatic heterocycles. The van der Waals surface area contributed by atoms with Crippen molar-refractivity contribution in [2.24, 2.45) is 0 Å². The van der Waals surface area contributed by atoms with Gasteiger partial charge in [0.05, 0.1) is 6.42 Å². The summed E-state index contributed by atoms with van der Waals surface area (Å²) >= 11 is 0. The topological polar surface area (TPSA) is 69.7 Å². The first kappa shape index (κ1) is 11.7. The van der Waals surface area contributed by atoms with E-state index in [2.05, 4.69) is 0 Å². The molecule has 0 spiro atoms. The van der Waals surface area contributed by atoms with Crippen molar-refractivity contribution in [3.63, 3.8) is 0 Å². The molecule has 0 amide bonds. The molecule has 17 heavy (non-hydrogen) atoms. The Morgan fingerprint density at radius 1 is 1.41 bits per heavy atom. The number of esters is 1. The minimum atomic E-state index is -1.64. The number of hydrogen-bond acceptors (Lipinski definition) is 5. The van der Waals surface area contributed by atoms with E-state index < -0.39 is 17.5 Å². The summed E-state index contributed by atoms with van der Waals surface area (Å²) in [5, 5.41) is 0. The highest BCUT2D eigenvalue weighted by Crippen LogP contribution is 2.35. The predicted octanol–water partition coefficient (Wildman–Crippen LogP) is 0.691. The van der Waals surface area contributed by atoms with Gasteiger partial charge in [0.1, 0.15) is 0 Å². The van der Waals surface area contributed by atoms with E-state index in [0.29, 0.717) is 17.6 Å². The predicted molar refractivity (Wildman–Crippen MR) is 56.9 cm³/mol. The molecule has 1 heterocycles. The molecule has 5 heteroatoms. The minimum absolute atomic E-state index is 0.0108. The number of allylic oxidation sites excluding steroid dienone is 2. The first-order chi connectivity index (χ1) is 8.00. The molecule has 90 valence electrons. The lowest BCUT2D eigenvalue weighted by Crippen LogP contribution is -2.48. The molecule has 0 aromatic carbocycles. The van der Waals surface area contributed by atoms with Crippen molar-refractivity contribution in [2.75, 3.05) is 7.11 Å². The first-order valence-electron chi connectivity index (χ1n) is 5.22. The summed E-state index contributed by atoms with van der Waals surface area (Å²) in [6.45, 7) is 1.27. The first-order valence-corrected chi connectivity index (χ1v) is 5.22. The molecule has 1 atom stereocenters. The number of carbonyl (C=O) groups excluding carboxylic acids is 3. The van der Waals surface area contributed by atoms with Crippen molar-refractivity contribution in [3.05, 3.63) is 23.3 Å². The van der Waals surface area contributed by atoms with Crippen molar-refractivity contribution in [1.82, 2.24) is 0 Å². The van der Waals surface area contributed by atoms with Crippen molar-refractivity contribution >= 4 is 17.5 Å². The van der Waals surface area contributed by atoms with Crippen LogP contribution in [0.15, 0.2) is 23.3 Å². The third-order valence-corrected chi connectivity index (χ3v) is 3.03. The standard InChI is InChI=1S/C12H12O5/c1-7(13)12(16-2)6-9-8(11(15)17-12)4-3-5-10(9)14/h3,5H,4,6H2,1-2H3. The molecule has 1 aliphatic carbocycles. The van der Waals surface area contributed by atoms with Gasteiger partial charge >= 0.3 is 5.97 Å². The summed E-state index contributed by atoms with van der Waals surface area (Å²) in [4.78, 5) is 35.0. The second-order valence-electron chi connectivity index (χ2n) is 4.01. The van der Waals surface area contributed by atoms with Crippen LogP contribution in [0.4, 0.5) is 0 Å². The molecular formula is C12H12O5. The third-order valence-electron chi connectivity index (χ3n) is 3.03. The van der Waals surface area contributed by atoms with Crippen LogP contribution in [0.25, 0.3) is 0 Å². The Bertz CT molecular complexity index is 471. The molecule has 5 nitrogen and oxygen atoms in total. The largest absolute Gasteiger partial charge is 0.422 e. The molecule has 0 saturated heterocycles. The Hall–Kier alpha value is -1.75. The number of Topliss-reactive ketones (excluding diaryl/α,β-unsaturated/α-hetero) is 1. The molecular weight excluding hydrogens is 224 g/mol. The van der Waals surface area contributed by atoms with Gasteiger partial charge in [0.2, 0.25) is 5.78 Å². The second kappa shape index (κ2) is 3.92. The van der Waals surface area contributed by atoms with Gasteiger partial charge in [-0.05, 0) is 12.5 Å². The average molecular weight is 236 g/mol. The van der Waals surface area contributed by atoms with Crippen LogP contribution in [0, 0.1) is 0 Å². The second-order valence-corrected chi connectivity index (χ2v) is 4.01. The lowest BCUT2D eigenvalue weighted by Gasteiger charge is -2.35. The number of ether oxygens (including phenoxy) is 2. The highest BCUT2D eigenvalue weighted by Gasteiger charge is 2.47. The number of methoxy groups -OCH3 is 1. The quantitative estimate of drug-likeness (QED) is 0.660. The SMILES string of the molecule is COC1(C(C)=O)CC2=C(CC=CC2=O)C(=O)O1. The number of hydrogen-bond donors (Lipinski definition) is 0. The van der Waals surface area contributed by atoms with E-state index >= 15 is 0 Å². The van der Waals surface area contributed by atoms with Gasteiger partial charge in [0, 0.05) is 25.2 Å². The molecule has 0 bridgehead atoms. The highest BCUT2D eigenvalue weighted by atomic mass is 16.7. The van der Waals surface area contributed by atoms with Crippen molar-refractivity contribution in [1.29, 1.82) is 0 Å². The van der Waals surface area contributed by atoms with Crippen molar-refractivity contribution in [3.8, 4) is 0 Å². The van der Waals surface area contributed by atoms with Crippen LogP contribution in [0.2, 0.25) is 0 Å².